The molecular formula is C21H28ClN3O3. The second-order valence-electron chi connectivity index (χ2n) is 8.70. The highest BCUT2D eigenvalue weighted by molar-refractivity contribution is 6.35. The van der Waals surface area contributed by atoms with Gasteiger partial charge in [-0.3, -0.25) is 0 Å². The number of ether oxygens (including phenoxy) is 2. The van der Waals surface area contributed by atoms with Gasteiger partial charge in [0.25, 0.3) is 0 Å². The molecule has 2 fully saturated rings. The lowest BCUT2D eigenvalue weighted by molar-refractivity contribution is -0.0369. The Hall–Kier alpha value is -1.79. The SMILES string of the molecule is CC(C)(C)OC(=O)N1CCC(c2nn(C3CCCCO3)c3c(Cl)cccc23)C1. The Morgan fingerprint density at radius 1 is 1.29 bits per heavy atom. The van der Waals surface area contributed by atoms with Gasteiger partial charge in [-0.15, -0.1) is 0 Å². The van der Waals surface area contributed by atoms with Gasteiger partial charge in [-0.1, -0.05) is 23.7 Å². The van der Waals surface area contributed by atoms with Crippen LogP contribution in [0.2, 0.25) is 5.02 Å². The van der Waals surface area contributed by atoms with Gasteiger partial charge in [0.15, 0.2) is 6.23 Å². The first-order valence-electron chi connectivity index (χ1n) is 10.1. The molecule has 6 nitrogen and oxygen atoms in total. The third kappa shape index (κ3) is 3.85. The van der Waals surface area contributed by atoms with Gasteiger partial charge < -0.3 is 14.4 Å². The summed E-state index contributed by atoms with van der Waals surface area (Å²) in [4.78, 5) is 14.2. The molecule has 0 spiro atoms. The van der Waals surface area contributed by atoms with E-state index in [2.05, 4.69) is 6.07 Å². The zero-order chi connectivity index (χ0) is 19.9. The van der Waals surface area contributed by atoms with Crippen LogP contribution in [0.3, 0.4) is 0 Å². The molecule has 28 heavy (non-hydrogen) atoms. The van der Waals surface area contributed by atoms with Crippen LogP contribution in [-0.2, 0) is 9.47 Å². The van der Waals surface area contributed by atoms with E-state index in [9.17, 15) is 4.79 Å². The summed E-state index contributed by atoms with van der Waals surface area (Å²) >= 11 is 6.55. The number of fused-ring (bicyclic) bond motifs is 1. The molecule has 0 aliphatic carbocycles. The number of rotatable bonds is 2. The highest BCUT2D eigenvalue weighted by Crippen LogP contribution is 2.37. The maximum Gasteiger partial charge on any atom is 0.410 e. The summed E-state index contributed by atoms with van der Waals surface area (Å²) in [6.45, 7) is 7.70. The topological polar surface area (TPSA) is 56.6 Å². The smallest absolute Gasteiger partial charge is 0.410 e. The molecule has 2 aromatic rings. The summed E-state index contributed by atoms with van der Waals surface area (Å²) in [7, 11) is 0. The molecular weight excluding hydrogens is 378 g/mol. The standard InChI is InChI=1S/C21H28ClN3O3/c1-21(2,3)28-20(26)24-11-10-14(13-24)18-15-7-6-8-16(22)19(15)25(23-18)17-9-4-5-12-27-17/h6-8,14,17H,4-5,9-13H2,1-3H3. The molecule has 0 saturated carbocycles. The van der Waals surface area contributed by atoms with Gasteiger partial charge in [-0.05, 0) is 52.5 Å². The Kier molecular flexibility index (Phi) is 5.27. The summed E-state index contributed by atoms with van der Waals surface area (Å²) in [5, 5.41) is 6.69. The van der Waals surface area contributed by atoms with E-state index < -0.39 is 5.60 Å². The quantitative estimate of drug-likeness (QED) is 0.696. The molecule has 1 aromatic heterocycles. The van der Waals surface area contributed by atoms with Crippen LogP contribution in [0.25, 0.3) is 10.9 Å². The average molecular weight is 406 g/mol. The van der Waals surface area contributed by atoms with Crippen molar-refractivity contribution in [3.8, 4) is 0 Å². The normalized spacial score (nSPS) is 23.4. The van der Waals surface area contributed by atoms with E-state index in [1.165, 1.54) is 0 Å². The summed E-state index contributed by atoms with van der Waals surface area (Å²) in [5.41, 5.74) is 1.44. The predicted molar refractivity (Wildman–Crippen MR) is 109 cm³/mol. The molecule has 3 heterocycles. The van der Waals surface area contributed by atoms with Crippen LogP contribution >= 0.6 is 11.6 Å². The number of carbonyl (C=O) groups excluding carboxylic acids is 1. The lowest BCUT2D eigenvalue weighted by atomic mass is 10.0. The molecule has 2 unspecified atom stereocenters. The van der Waals surface area contributed by atoms with Gasteiger partial charge in [-0.25, -0.2) is 9.48 Å². The number of hydrogen-bond donors (Lipinski definition) is 0. The van der Waals surface area contributed by atoms with Gasteiger partial charge in [0, 0.05) is 31.0 Å². The Bertz CT molecular complexity index is 868. The number of amides is 1. The van der Waals surface area contributed by atoms with E-state index in [0.717, 1.165) is 48.9 Å². The van der Waals surface area contributed by atoms with Crippen molar-refractivity contribution in [2.45, 2.75) is 64.2 Å². The number of benzene rings is 1. The van der Waals surface area contributed by atoms with Crippen molar-refractivity contribution in [1.82, 2.24) is 14.7 Å². The molecule has 0 radical (unpaired) electrons. The Morgan fingerprint density at radius 3 is 2.82 bits per heavy atom. The van der Waals surface area contributed by atoms with Crippen molar-refractivity contribution in [1.29, 1.82) is 0 Å². The maximum absolute atomic E-state index is 12.4. The molecule has 1 amide bonds. The average Bonchev–Trinajstić information content (AvgIpc) is 3.26. The number of para-hydroxylation sites is 1. The van der Waals surface area contributed by atoms with Crippen LogP contribution in [0.5, 0.6) is 0 Å². The Morgan fingerprint density at radius 2 is 2.11 bits per heavy atom. The second-order valence-corrected chi connectivity index (χ2v) is 9.11. The third-order valence-electron chi connectivity index (χ3n) is 5.36. The van der Waals surface area contributed by atoms with Crippen molar-refractivity contribution in [2.75, 3.05) is 19.7 Å². The Labute approximate surface area is 170 Å². The first-order valence-corrected chi connectivity index (χ1v) is 10.5. The fraction of sp³-hybridized carbons (Fsp3) is 0.619. The van der Waals surface area contributed by atoms with Crippen molar-refractivity contribution in [3.63, 3.8) is 0 Å². The summed E-state index contributed by atoms with van der Waals surface area (Å²) in [6, 6.07) is 5.93. The minimum absolute atomic E-state index is 0.0757. The van der Waals surface area contributed by atoms with Crippen LogP contribution in [-0.4, -0.2) is 46.1 Å². The van der Waals surface area contributed by atoms with E-state index in [-0.39, 0.29) is 18.2 Å². The maximum atomic E-state index is 12.4. The monoisotopic (exact) mass is 405 g/mol. The third-order valence-corrected chi connectivity index (χ3v) is 5.67. The molecule has 152 valence electrons. The molecule has 2 atom stereocenters. The van der Waals surface area contributed by atoms with Crippen LogP contribution in [0.4, 0.5) is 4.79 Å². The van der Waals surface area contributed by atoms with Crippen molar-refractivity contribution < 1.29 is 14.3 Å². The minimum Gasteiger partial charge on any atom is -0.444 e. The van der Waals surface area contributed by atoms with Gasteiger partial charge in [0.2, 0.25) is 0 Å². The highest BCUT2D eigenvalue weighted by atomic mass is 35.5. The van der Waals surface area contributed by atoms with E-state index in [4.69, 9.17) is 26.2 Å². The lowest BCUT2D eigenvalue weighted by Crippen LogP contribution is -2.35. The minimum atomic E-state index is -0.491. The fourth-order valence-corrected chi connectivity index (χ4v) is 4.34. The molecule has 0 N–H and O–H groups in total. The zero-order valence-electron chi connectivity index (χ0n) is 16.8. The van der Waals surface area contributed by atoms with Gasteiger partial charge in [-0.2, -0.15) is 5.10 Å². The molecule has 2 saturated heterocycles. The highest BCUT2D eigenvalue weighted by Gasteiger charge is 2.34. The van der Waals surface area contributed by atoms with Crippen LogP contribution in [0.1, 0.15) is 64.3 Å². The largest absolute Gasteiger partial charge is 0.444 e. The van der Waals surface area contributed by atoms with Crippen molar-refractivity contribution >= 4 is 28.6 Å². The summed E-state index contributed by atoms with van der Waals surface area (Å²) < 4.78 is 13.5. The molecule has 1 aromatic carbocycles. The van der Waals surface area contributed by atoms with Crippen LogP contribution < -0.4 is 0 Å². The number of halogens is 1. The van der Waals surface area contributed by atoms with Crippen molar-refractivity contribution in [3.05, 3.63) is 28.9 Å². The van der Waals surface area contributed by atoms with E-state index in [0.29, 0.717) is 18.1 Å². The number of likely N-dealkylation sites (tertiary alicyclic amines) is 1. The second kappa shape index (κ2) is 7.56. The number of hydrogen-bond acceptors (Lipinski definition) is 4. The zero-order valence-corrected chi connectivity index (χ0v) is 17.5. The first kappa shape index (κ1) is 19.5. The lowest BCUT2D eigenvalue weighted by Gasteiger charge is -2.24. The molecule has 2 aliphatic heterocycles. The van der Waals surface area contributed by atoms with Crippen molar-refractivity contribution in [2.24, 2.45) is 0 Å². The number of nitrogens with zero attached hydrogens (tertiary/aromatic N) is 3. The van der Waals surface area contributed by atoms with E-state index in [1.807, 2.05) is 37.6 Å². The molecule has 2 aliphatic rings. The molecule has 4 rings (SSSR count). The van der Waals surface area contributed by atoms with Crippen LogP contribution in [0, 0.1) is 0 Å². The summed E-state index contributed by atoms with van der Waals surface area (Å²) in [5.74, 6) is 0.165. The van der Waals surface area contributed by atoms with Crippen LogP contribution in [0.15, 0.2) is 18.2 Å². The summed E-state index contributed by atoms with van der Waals surface area (Å²) in [6.07, 6.45) is 3.69. The fourth-order valence-electron chi connectivity index (χ4n) is 4.08. The van der Waals surface area contributed by atoms with E-state index in [1.54, 1.807) is 4.90 Å². The Balaban J connectivity index is 1.63. The number of aromatic nitrogens is 2. The van der Waals surface area contributed by atoms with Gasteiger partial charge in [0.05, 0.1) is 16.2 Å². The molecule has 0 bridgehead atoms. The van der Waals surface area contributed by atoms with Gasteiger partial charge in [0.1, 0.15) is 5.60 Å². The predicted octanol–water partition coefficient (Wildman–Crippen LogP) is 5.11. The van der Waals surface area contributed by atoms with Gasteiger partial charge >= 0.3 is 6.09 Å². The first-order chi connectivity index (χ1) is 13.3. The molecule has 7 heteroatoms. The van der Waals surface area contributed by atoms with E-state index >= 15 is 0 Å². The number of carbonyl (C=O) groups is 1.